The highest BCUT2D eigenvalue weighted by Gasteiger charge is 2.20. The van der Waals surface area contributed by atoms with Gasteiger partial charge in [0.2, 0.25) is 5.91 Å². The smallest absolute Gasteiger partial charge is 0.224 e. The summed E-state index contributed by atoms with van der Waals surface area (Å²) in [5.74, 6) is 0.261. The van der Waals surface area contributed by atoms with Gasteiger partial charge in [-0.2, -0.15) is 0 Å². The lowest BCUT2D eigenvalue weighted by molar-refractivity contribution is -0.125. The van der Waals surface area contributed by atoms with Gasteiger partial charge in [-0.3, -0.25) is 4.79 Å². The molecule has 0 unspecified atom stereocenters. The van der Waals surface area contributed by atoms with Crippen LogP contribution in [0.3, 0.4) is 0 Å². The molecule has 1 aromatic rings. The van der Waals surface area contributed by atoms with Crippen LogP contribution in [0.1, 0.15) is 30.9 Å². The van der Waals surface area contributed by atoms with Crippen LogP contribution in [0.15, 0.2) is 18.2 Å². The van der Waals surface area contributed by atoms with Crippen LogP contribution in [0.25, 0.3) is 0 Å². The molecule has 1 aliphatic heterocycles. The first-order chi connectivity index (χ1) is 9.22. The molecule has 4 nitrogen and oxygen atoms in total. The molecule has 4 heteroatoms. The highest BCUT2D eigenvalue weighted by atomic mass is 16.1. The molecule has 0 aromatic heterocycles. The predicted molar refractivity (Wildman–Crippen MR) is 77.7 cm³/mol. The minimum absolute atomic E-state index is 0.111. The number of nitrogens with two attached hydrogens (primary N) is 1. The van der Waals surface area contributed by atoms with Gasteiger partial charge >= 0.3 is 0 Å². The van der Waals surface area contributed by atoms with Crippen LogP contribution in [0.4, 0.5) is 5.69 Å². The molecule has 19 heavy (non-hydrogen) atoms. The van der Waals surface area contributed by atoms with E-state index in [0.717, 1.165) is 49.2 Å². The predicted octanol–water partition coefficient (Wildman–Crippen LogP) is 1.45. The lowest BCUT2D eigenvalue weighted by Crippen LogP contribution is -2.40. The van der Waals surface area contributed by atoms with E-state index in [1.54, 1.807) is 0 Å². The molecular weight excluding hydrogens is 238 g/mol. The SMILES string of the molecule is CCc1c(N)cccc1CNC(=O)[C@H]1CCCNC1. The molecule has 1 atom stereocenters. The quantitative estimate of drug-likeness (QED) is 0.719. The van der Waals surface area contributed by atoms with Crippen LogP contribution in [-0.2, 0) is 17.8 Å². The zero-order valence-electron chi connectivity index (χ0n) is 11.5. The Morgan fingerprint density at radius 2 is 2.37 bits per heavy atom. The summed E-state index contributed by atoms with van der Waals surface area (Å²) in [6.07, 6.45) is 2.95. The lowest BCUT2D eigenvalue weighted by atomic mass is 9.98. The van der Waals surface area contributed by atoms with Crippen molar-refractivity contribution in [2.75, 3.05) is 18.8 Å². The topological polar surface area (TPSA) is 67.1 Å². The maximum absolute atomic E-state index is 12.1. The second kappa shape index (κ2) is 6.57. The molecule has 0 saturated carbocycles. The largest absolute Gasteiger partial charge is 0.398 e. The molecule has 1 aliphatic rings. The summed E-state index contributed by atoms with van der Waals surface area (Å²) in [7, 11) is 0. The molecule has 4 N–H and O–H groups in total. The standard InChI is InChI=1S/C15H23N3O/c1-2-13-11(5-3-7-14(13)16)10-18-15(19)12-6-4-8-17-9-12/h3,5,7,12,17H,2,4,6,8-10,16H2,1H3,(H,18,19)/t12-/m0/s1. The highest BCUT2D eigenvalue weighted by molar-refractivity contribution is 5.79. The number of nitrogen functional groups attached to an aromatic ring is 1. The van der Waals surface area contributed by atoms with Crippen molar-refractivity contribution >= 4 is 11.6 Å². The van der Waals surface area contributed by atoms with Crippen LogP contribution in [0.5, 0.6) is 0 Å². The lowest BCUT2D eigenvalue weighted by Gasteiger charge is -2.22. The molecule has 1 heterocycles. The van der Waals surface area contributed by atoms with E-state index >= 15 is 0 Å². The summed E-state index contributed by atoms with van der Waals surface area (Å²) >= 11 is 0. The fourth-order valence-electron chi connectivity index (χ4n) is 2.65. The summed E-state index contributed by atoms with van der Waals surface area (Å²) in [5, 5.41) is 6.30. The van der Waals surface area contributed by atoms with E-state index in [1.807, 2.05) is 18.2 Å². The second-order valence-electron chi connectivity index (χ2n) is 5.10. The zero-order chi connectivity index (χ0) is 13.7. The summed E-state index contributed by atoms with van der Waals surface area (Å²) < 4.78 is 0. The Morgan fingerprint density at radius 1 is 1.53 bits per heavy atom. The molecule has 104 valence electrons. The first kappa shape index (κ1) is 13.9. The van der Waals surface area contributed by atoms with Gasteiger partial charge < -0.3 is 16.4 Å². The number of anilines is 1. The number of nitrogens with one attached hydrogen (secondary N) is 2. The number of rotatable bonds is 4. The third-order valence-electron chi connectivity index (χ3n) is 3.78. The van der Waals surface area contributed by atoms with Gasteiger partial charge in [0.15, 0.2) is 0 Å². The molecule has 2 rings (SSSR count). The monoisotopic (exact) mass is 261 g/mol. The van der Waals surface area contributed by atoms with E-state index in [0.29, 0.717) is 6.54 Å². The Balaban J connectivity index is 1.94. The first-order valence-corrected chi connectivity index (χ1v) is 7.07. The number of benzene rings is 1. The molecule has 0 bridgehead atoms. The molecule has 1 amide bonds. The molecule has 0 radical (unpaired) electrons. The Bertz CT molecular complexity index is 439. The van der Waals surface area contributed by atoms with Crippen molar-refractivity contribution in [3.05, 3.63) is 29.3 Å². The van der Waals surface area contributed by atoms with Gasteiger partial charge in [-0.05, 0) is 43.0 Å². The number of carbonyl (C=O) groups excluding carboxylic acids is 1. The Hall–Kier alpha value is -1.55. The van der Waals surface area contributed by atoms with Gasteiger partial charge in [0.05, 0.1) is 5.92 Å². The van der Waals surface area contributed by atoms with Gasteiger partial charge in [0.25, 0.3) is 0 Å². The fourth-order valence-corrected chi connectivity index (χ4v) is 2.65. The maximum atomic E-state index is 12.1. The summed E-state index contributed by atoms with van der Waals surface area (Å²) in [6, 6.07) is 5.89. The van der Waals surface area contributed by atoms with Gasteiger partial charge in [-0.1, -0.05) is 19.1 Å². The van der Waals surface area contributed by atoms with Crippen molar-refractivity contribution in [2.24, 2.45) is 5.92 Å². The summed E-state index contributed by atoms with van der Waals surface area (Å²) in [5.41, 5.74) is 9.04. The molecule has 0 aliphatic carbocycles. The van der Waals surface area contributed by atoms with Crippen LogP contribution < -0.4 is 16.4 Å². The van der Waals surface area contributed by atoms with E-state index in [4.69, 9.17) is 5.73 Å². The number of piperidine rings is 1. The minimum atomic E-state index is 0.111. The van der Waals surface area contributed by atoms with Crippen molar-refractivity contribution < 1.29 is 4.79 Å². The molecule has 1 saturated heterocycles. The maximum Gasteiger partial charge on any atom is 0.224 e. The van der Waals surface area contributed by atoms with Crippen molar-refractivity contribution in [1.82, 2.24) is 10.6 Å². The van der Waals surface area contributed by atoms with Crippen molar-refractivity contribution in [3.8, 4) is 0 Å². The third kappa shape index (κ3) is 3.47. The third-order valence-corrected chi connectivity index (χ3v) is 3.78. The van der Waals surface area contributed by atoms with E-state index in [9.17, 15) is 4.79 Å². The first-order valence-electron chi connectivity index (χ1n) is 7.07. The van der Waals surface area contributed by atoms with Gasteiger partial charge in [-0.25, -0.2) is 0 Å². The van der Waals surface area contributed by atoms with E-state index in [2.05, 4.69) is 17.6 Å². The van der Waals surface area contributed by atoms with Gasteiger partial charge in [0, 0.05) is 18.8 Å². The molecule has 1 aromatic carbocycles. The Labute approximate surface area is 114 Å². The average Bonchev–Trinajstić information content (AvgIpc) is 2.45. The van der Waals surface area contributed by atoms with E-state index in [-0.39, 0.29) is 11.8 Å². The van der Waals surface area contributed by atoms with Crippen molar-refractivity contribution in [1.29, 1.82) is 0 Å². The number of hydrogen-bond acceptors (Lipinski definition) is 3. The number of amides is 1. The van der Waals surface area contributed by atoms with Gasteiger partial charge in [0.1, 0.15) is 0 Å². The van der Waals surface area contributed by atoms with Crippen LogP contribution in [0.2, 0.25) is 0 Å². The van der Waals surface area contributed by atoms with Gasteiger partial charge in [-0.15, -0.1) is 0 Å². The van der Waals surface area contributed by atoms with Crippen LogP contribution >= 0.6 is 0 Å². The molecule has 1 fully saturated rings. The normalized spacial score (nSPS) is 19.1. The Morgan fingerprint density at radius 3 is 3.05 bits per heavy atom. The highest BCUT2D eigenvalue weighted by Crippen LogP contribution is 2.18. The number of hydrogen-bond donors (Lipinski definition) is 3. The fraction of sp³-hybridized carbons (Fsp3) is 0.533. The summed E-state index contributed by atoms with van der Waals surface area (Å²) in [6.45, 7) is 4.48. The van der Waals surface area contributed by atoms with Crippen LogP contribution in [0, 0.1) is 5.92 Å². The zero-order valence-corrected chi connectivity index (χ0v) is 11.5. The number of carbonyl (C=O) groups is 1. The summed E-state index contributed by atoms with van der Waals surface area (Å²) in [4.78, 5) is 12.1. The Kier molecular flexibility index (Phi) is 4.80. The molecular formula is C15H23N3O. The molecule has 0 spiro atoms. The van der Waals surface area contributed by atoms with Crippen molar-refractivity contribution in [3.63, 3.8) is 0 Å². The van der Waals surface area contributed by atoms with Crippen molar-refractivity contribution in [2.45, 2.75) is 32.7 Å². The van der Waals surface area contributed by atoms with E-state index < -0.39 is 0 Å². The average molecular weight is 261 g/mol. The van der Waals surface area contributed by atoms with Crippen LogP contribution in [-0.4, -0.2) is 19.0 Å². The second-order valence-corrected chi connectivity index (χ2v) is 5.10. The minimum Gasteiger partial charge on any atom is -0.398 e. The van der Waals surface area contributed by atoms with E-state index in [1.165, 1.54) is 0 Å².